The van der Waals surface area contributed by atoms with E-state index in [2.05, 4.69) is 5.32 Å². The standard InChI is InChI=1S/C19H17F3N2O2/c1-12-2-8-16(9-3-12)24-11-15(10-17(24)25)23-18(26)13-4-6-14(7-5-13)19(20,21)22/h2-9,15H,10-11H2,1H3,(H,23,26)/t15-/m1/s1. The van der Waals surface area contributed by atoms with Crippen molar-refractivity contribution in [3.8, 4) is 0 Å². The number of hydrogen-bond donors (Lipinski definition) is 1. The number of carbonyl (C=O) groups excluding carboxylic acids is 2. The molecule has 0 saturated carbocycles. The molecule has 1 fully saturated rings. The van der Waals surface area contributed by atoms with Crippen LogP contribution in [0.5, 0.6) is 0 Å². The van der Waals surface area contributed by atoms with Crippen LogP contribution in [-0.2, 0) is 11.0 Å². The van der Waals surface area contributed by atoms with E-state index in [-0.39, 0.29) is 17.9 Å². The zero-order valence-electron chi connectivity index (χ0n) is 14.0. The molecule has 4 nitrogen and oxygen atoms in total. The van der Waals surface area contributed by atoms with E-state index >= 15 is 0 Å². The van der Waals surface area contributed by atoms with Gasteiger partial charge in [0.1, 0.15) is 0 Å². The van der Waals surface area contributed by atoms with Crippen LogP contribution in [0.1, 0.15) is 27.9 Å². The van der Waals surface area contributed by atoms with Crippen molar-refractivity contribution in [3.63, 3.8) is 0 Å². The van der Waals surface area contributed by atoms with Crippen LogP contribution in [0.25, 0.3) is 0 Å². The first-order valence-corrected chi connectivity index (χ1v) is 8.09. The number of rotatable bonds is 3. The van der Waals surface area contributed by atoms with Crippen molar-refractivity contribution in [1.29, 1.82) is 0 Å². The maximum Gasteiger partial charge on any atom is 0.416 e. The van der Waals surface area contributed by atoms with E-state index < -0.39 is 23.7 Å². The van der Waals surface area contributed by atoms with Crippen LogP contribution in [0.15, 0.2) is 48.5 Å². The number of aryl methyl sites for hydroxylation is 1. The van der Waals surface area contributed by atoms with Crippen molar-refractivity contribution in [2.45, 2.75) is 25.6 Å². The van der Waals surface area contributed by atoms with Gasteiger partial charge >= 0.3 is 6.18 Å². The molecule has 2 amide bonds. The number of hydrogen-bond acceptors (Lipinski definition) is 2. The van der Waals surface area contributed by atoms with E-state index in [1.54, 1.807) is 4.90 Å². The molecule has 7 heteroatoms. The predicted octanol–water partition coefficient (Wildman–Crippen LogP) is 3.55. The lowest BCUT2D eigenvalue weighted by Gasteiger charge is -2.17. The monoisotopic (exact) mass is 362 g/mol. The first kappa shape index (κ1) is 18.0. The molecule has 0 aliphatic carbocycles. The van der Waals surface area contributed by atoms with Crippen molar-refractivity contribution in [1.82, 2.24) is 5.32 Å². The van der Waals surface area contributed by atoms with Gasteiger partial charge in [-0.3, -0.25) is 9.59 Å². The summed E-state index contributed by atoms with van der Waals surface area (Å²) in [7, 11) is 0. The zero-order valence-corrected chi connectivity index (χ0v) is 14.0. The Bertz CT molecular complexity index is 814. The number of nitrogens with zero attached hydrogens (tertiary/aromatic N) is 1. The highest BCUT2D eigenvalue weighted by Gasteiger charge is 2.32. The zero-order chi connectivity index (χ0) is 18.9. The van der Waals surface area contributed by atoms with E-state index in [0.29, 0.717) is 6.54 Å². The Morgan fingerprint density at radius 2 is 1.69 bits per heavy atom. The Hall–Kier alpha value is -2.83. The van der Waals surface area contributed by atoms with Gasteiger partial charge in [-0.2, -0.15) is 13.2 Å². The number of alkyl halides is 3. The second kappa shape index (κ2) is 6.82. The maximum absolute atomic E-state index is 12.6. The largest absolute Gasteiger partial charge is 0.416 e. The second-order valence-corrected chi connectivity index (χ2v) is 6.29. The fraction of sp³-hybridized carbons (Fsp3) is 0.263. The summed E-state index contributed by atoms with van der Waals surface area (Å²) in [6.45, 7) is 2.27. The topological polar surface area (TPSA) is 49.4 Å². The summed E-state index contributed by atoms with van der Waals surface area (Å²) in [6, 6.07) is 11.1. The van der Waals surface area contributed by atoms with Gasteiger partial charge < -0.3 is 10.2 Å². The number of benzene rings is 2. The third-order valence-electron chi connectivity index (χ3n) is 4.28. The SMILES string of the molecule is Cc1ccc(N2C[C@H](NC(=O)c3ccc(C(F)(F)F)cc3)CC2=O)cc1. The summed E-state index contributed by atoms with van der Waals surface area (Å²) in [4.78, 5) is 26.0. The number of amides is 2. The molecule has 1 saturated heterocycles. The first-order chi connectivity index (χ1) is 12.2. The van der Waals surface area contributed by atoms with Crippen LogP contribution in [0.2, 0.25) is 0 Å². The molecule has 1 heterocycles. The molecule has 2 aromatic rings. The fourth-order valence-corrected chi connectivity index (χ4v) is 2.86. The van der Waals surface area contributed by atoms with Gasteiger partial charge in [-0.1, -0.05) is 17.7 Å². The lowest BCUT2D eigenvalue weighted by Crippen LogP contribution is -2.37. The van der Waals surface area contributed by atoms with Crippen molar-refractivity contribution in [2.24, 2.45) is 0 Å². The molecule has 3 rings (SSSR count). The smallest absolute Gasteiger partial charge is 0.347 e. The Morgan fingerprint density at radius 1 is 1.08 bits per heavy atom. The molecule has 1 atom stereocenters. The quantitative estimate of drug-likeness (QED) is 0.908. The second-order valence-electron chi connectivity index (χ2n) is 6.29. The van der Waals surface area contributed by atoms with Crippen LogP contribution >= 0.6 is 0 Å². The van der Waals surface area contributed by atoms with Gasteiger partial charge in [-0.15, -0.1) is 0 Å². The van der Waals surface area contributed by atoms with Crippen molar-refractivity contribution >= 4 is 17.5 Å². The molecule has 0 unspecified atom stereocenters. The minimum atomic E-state index is -4.44. The average molecular weight is 362 g/mol. The molecule has 2 aromatic carbocycles. The Balaban J connectivity index is 1.65. The Labute approximate surface area is 148 Å². The van der Waals surface area contributed by atoms with Crippen molar-refractivity contribution in [2.75, 3.05) is 11.4 Å². The number of anilines is 1. The van der Waals surface area contributed by atoms with Gasteiger partial charge in [0.2, 0.25) is 5.91 Å². The lowest BCUT2D eigenvalue weighted by molar-refractivity contribution is -0.137. The summed E-state index contributed by atoms with van der Waals surface area (Å²) in [5.74, 6) is -0.603. The third-order valence-corrected chi connectivity index (χ3v) is 4.28. The number of halogens is 3. The van der Waals surface area contributed by atoms with Gasteiger partial charge in [0.15, 0.2) is 0 Å². The normalized spacial score (nSPS) is 17.5. The van der Waals surface area contributed by atoms with Crippen LogP contribution in [0.3, 0.4) is 0 Å². The maximum atomic E-state index is 12.6. The summed E-state index contributed by atoms with van der Waals surface area (Å²) in [5.41, 5.74) is 1.15. The molecule has 0 radical (unpaired) electrons. The molecule has 136 valence electrons. The van der Waals surface area contributed by atoms with Crippen LogP contribution in [0, 0.1) is 6.92 Å². The molecule has 1 aliphatic rings. The summed E-state index contributed by atoms with van der Waals surface area (Å²) in [5, 5.41) is 2.71. The molecular formula is C19H17F3N2O2. The minimum Gasteiger partial charge on any atom is -0.347 e. The van der Waals surface area contributed by atoms with Gasteiger partial charge in [-0.05, 0) is 43.3 Å². The molecule has 0 spiro atoms. The van der Waals surface area contributed by atoms with E-state index in [4.69, 9.17) is 0 Å². The van der Waals surface area contributed by atoms with Crippen LogP contribution in [-0.4, -0.2) is 24.4 Å². The summed E-state index contributed by atoms with van der Waals surface area (Å²) >= 11 is 0. The van der Waals surface area contributed by atoms with Gasteiger partial charge in [0.25, 0.3) is 5.91 Å². The lowest BCUT2D eigenvalue weighted by atomic mass is 10.1. The third kappa shape index (κ3) is 3.87. The van der Waals surface area contributed by atoms with Gasteiger partial charge in [0.05, 0.1) is 11.6 Å². The van der Waals surface area contributed by atoms with E-state index in [9.17, 15) is 22.8 Å². The molecule has 26 heavy (non-hydrogen) atoms. The molecular weight excluding hydrogens is 345 g/mol. The molecule has 1 N–H and O–H groups in total. The Morgan fingerprint density at radius 3 is 2.27 bits per heavy atom. The van der Waals surface area contributed by atoms with E-state index in [1.165, 1.54) is 0 Å². The highest BCUT2D eigenvalue weighted by atomic mass is 19.4. The van der Waals surface area contributed by atoms with Crippen LogP contribution in [0.4, 0.5) is 18.9 Å². The van der Waals surface area contributed by atoms with E-state index in [1.807, 2.05) is 31.2 Å². The Kier molecular flexibility index (Phi) is 4.71. The average Bonchev–Trinajstić information content (AvgIpc) is 2.95. The van der Waals surface area contributed by atoms with E-state index in [0.717, 1.165) is 35.5 Å². The highest BCUT2D eigenvalue weighted by molar-refractivity contribution is 5.99. The molecule has 0 bridgehead atoms. The highest BCUT2D eigenvalue weighted by Crippen LogP contribution is 2.29. The van der Waals surface area contributed by atoms with Crippen molar-refractivity contribution < 1.29 is 22.8 Å². The minimum absolute atomic E-state index is 0.105. The number of nitrogens with one attached hydrogen (secondary N) is 1. The predicted molar refractivity (Wildman–Crippen MR) is 90.8 cm³/mol. The van der Waals surface area contributed by atoms with Crippen molar-refractivity contribution in [3.05, 3.63) is 65.2 Å². The number of carbonyl (C=O) groups is 2. The van der Waals surface area contributed by atoms with Crippen LogP contribution < -0.4 is 10.2 Å². The fourth-order valence-electron chi connectivity index (χ4n) is 2.86. The summed E-state index contributed by atoms with van der Waals surface area (Å²) < 4.78 is 37.7. The van der Waals surface area contributed by atoms with Gasteiger partial charge in [0, 0.05) is 24.2 Å². The first-order valence-electron chi connectivity index (χ1n) is 8.09. The summed E-state index contributed by atoms with van der Waals surface area (Å²) in [6.07, 6.45) is -4.29. The molecule has 1 aliphatic heterocycles. The van der Waals surface area contributed by atoms with Gasteiger partial charge in [-0.25, -0.2) is 0 Å². The molecule has 0 aromatic heterocycles.